The Balaban J connectivity index is 1.79. The highest BCUT2D eigenvalue weighted by atomic mass is 35.5. The second kappa shape index (κ2) is 4.84. The number of alkyl halides is 1. The lowest BCUT2D eigenvalue weighted by molar-refractivity contribution is -0.138. The van der Waals surface area contributed by atoms with Crippen LogP contribution in [-0.4, -0.2) is 35.7 Å². The summed E-state index contributed by atoms with van der Waals surface area (Å²) in [4.78, 5) is 24.4. The van der Waals surface area contributed by atoms with Crippen LogP contribution >= 0.6 is 22.9 Å². The van der Waals surface area contributed by atoms with Gasteiger partial charge in [-0.05, 0) is 17.5 Å². The molecule has 86 valence electrons. The topological polar surface area (TPSA) is 49.4 Å². The molecule has 1 aromatic rings. The van der Waals surface area contributed by atoms with Crippen LogP contribution in [0.4, 0.5) is 5.00 Å². The van der Waals surface area contributed by atoms with Crippen molar-refractivity contribution in [3.8, 4) is 0 Å². The summed E-state index contributed by atoms with van der Waals surface area (Å²) in [5.74, 6) is -0.253. The van der Waals surface area contributed by atoms with Gasteiger partial charge in [-0.25, -0.2) is 0 Å². The largest absolute Gasteiger partial charge is 0.340 e. The van der Waals surface area contributed by atoms with Crippen LogP contribution in [0.3, 0.4) is 0 Å². The van der Waals surface area contributed by atoms with Gasteiger partial charge in [0.1, 0.15) is 5.88 Å². The molecule has 0 atom stereocenters. The molecular weight excluding hydrogens is 248 g/mol. The molecule has 1 aliphatic rings. The lowest BCUT2D eigenvalue weighted by atomic mass is 9.99. The Morgan fingerprint density at radius 2 is 2.31 bits per heavy atom. The van der Waals surface area contributed by atoms with Crippen molar-refractivity contribution in [3.63, 3.8) is 0 Å². The first-order chi connectivity index (χ1) is 7.70. The van der Waals surface area contributed by atoms with E-state index in [1.165, 1.54) is 11.3 Å². The van der Waals surface area contributed by atoms with Gasteiger partial charge < -0.3 is 10.2 Å². The standard InChI is InChI=1S/C10H11ClN2O2S/c11-4-9(14)13-5-7(6-13)10(15)12-8-2-1-3-16-8/h1-3,7H,4-6H2,(H,12,15). The minimum Gasteiger partial charge on any atom is -0.340 e. The van der Waals surface area contributed by atoms with Crippen LogP contribution < -0.4 is 5.32 Å². The quantitative estimate of drug-likeness (QED) is 0.833. The third kappa shape index (κ3) is 2.36. The molecule has 1 aliphatic heterocycles. The molecular formula is C10H11ClN2O2S. The molecule has 1 aromatic heterocycles. The van der Waals surface area contributed by atoms with Gasteiger partial charge in [0.25, 0.3) is 0 Å². The van der Waals surface area contributed by atoms with Crippen molar-refractivity contribution in [2.24, 2.45) is 5.92 Å². The summed E-state index contributed by atoms with van der Waals surface area (Å²) in [6, 6.07) is 3.73. The second-order valence-electron chi connectivity index (χ2n) is 3.60. The van der Waals surface area contributed by atoms with Crippen LogP contribution in [-0.2, 0) is 9.59 Å². The molecule has 4 nitrogen and oxygen atoms in total. The summed E-state index contributed by atoms with van der Waals surface area (Å²) in [5.41, 5.74) is 0. The lowest BCUT2D eigenvalue weighted by Gasteiger charge is -2.37. The van der Waals surface area contributed by atoms with E-state index in [1.807, 2.05) is 17.5 Å². The SMILES string of the molecule is O=C(Nc1cccs1)C1CN(C(=O)CCl)C1. The Hall–Kier alpha value is -1.07. The normalized spacial score (nSPS) is 15.7. The van der Waals surface area contributed by atoms with E-state index in [0.717, 1.165) is 5.00 Å². The van der Waals surface area contributed by atoms with Crippen LogP contribution in [0, 0.1) is 5.92 Å². The van der Waals surface area contributed by atoms with E-state index in [1.54, 1.807) is 4.90 Å². The Labute approximate surface area is 102 Å². The number of thiophene rings is 1. The van der Waals surface area contributed by atoms with Crippen molar-refractivity contribution in [2.45, 2.75) is 0 Å². The van der Waals surface area contributed by atoms with Crippen molar-refractivity contribution in [1.82, 2.24) is 4.90 Å². The van der Waals surface area contributed by atoms with Crippen molar-refractivity contribution in [1.29, 1.82) is 0 Å². The zero-order valence-corrected chi connectivity index (χ0v) is 10.1. The van der Waals surface area contributed by atoms with Gasteiger partial charge in [-0.15, -0.1) is 22.9 Å². The zero-order valence-electron chi connectivity index (χ0n) is 8.48. The van der Waals surface area contributed by atoms with Gasteiger partial charge in [0.2, 0.25) is 11.8 Å². The number of hydrogen-bond acceptors (Lipinski definition) is 3. The Morgan fingerprint density at radius 1 is 1.56 bits per heavy atom. The summed E-state index contributed by atoms with van der Waals surface area (Å²) in [7, 11) is 0. The molecule has 0 radical (unpaired) electrons. The van der Waals surface area contributed by atoms with Gasteiger partial charge in [-0.3, -0.25) is 9.59 Å². The number of halogens is 1. The number of nitrogens with zero attached hydrogens (tertiary/aromatic N) is 1. The number of carbonyl (C=O) groups is 2. The van der Waals surface area contributed by atoms with Crippen molar-refractivity contribution in [2.75, 3.05) is 24.3 Å². The molecule has 1 saturated heterocycles. The van der Waals surface area contributed by atoms with E-state index in [4.69, 9.17) is 11.6 Å². The number of rotatable bonds is 3. The third-order valence-electron chi connectivity index (χ3n) is 2.49. The summed E-state index contributed by atoms with van der Waals surface area (Å²) in [6.45, 7) is 0.950. The molecule has 0 aliphatic carbocycles. The maximum Gasteiger partial charge on any atom is 0.237 e. The zero-order chi connectivity index (χ0) is 11.5. The minimum atomic E-state index is -0.109. The van der Waals surface area contributed by atoms with Gasteiger partial charge >= 0.3 is 0 Å². The highest BCUT2D eigenvalue weighted by Gasteiger charge is 2.35. The fraction of sp³-hybridized carbons (Fsp3) is 0.400. The number of amides is 2. The summed E-state index contributed by atoms with van der Waals surface area (Å²) in [6.07, 6.45) is 0. The summed E-state index contributed by atoms with van der Waals surface area (Å²) < 4.78 is 0. The van der Waals surface area contributed by atoms with Crippen LogP contribution in [0.2, 0.25) is 0 Å². The molecule has 2 rings (SSSR count). The highest BCUT2D eigenvalue weighted by molar-refractivity contribution is 7.14. The van der Waals surface area contributed by atoms with Gasteiger partial charge in [0, 0.05) is 13.1 Å². The van der Waals surface area contributed by atoms with Crippen molar-refractivity contribution in [3.05, 3.63) is 17.5 Å². The lowest BCUT2D eigenvalue weighted by Crippen LogP contribution is -2.54. The number of anilines is 1. The molecule has 6 heteroatoms. The first-order valence-electron chi connectivity index (χ1n) is 4.89. The smallest absolute Gasteiger partial charge is 0.237 e. The number of nitrogens with one attached hydrogen (secondary N) is 1. The van der Waals surface area contributed by atoms with Gasteiger partial charge in [0.15, 0.2) is 0 Å². The molecule has 0 saturated carbocycles. The number of hydrogen-bond donors (Lipinski definition) is 1. The predicted molar refractivity (Wildman–Crippen MR) is 63.7 cm³/mol. The van der Waals surface area contributed by atoms with Crippen molar-refractivity contribution >= 4 is 39.8 Å². The molecule has 2 amide bonds. The van der Waals surface area contributed by atoms with E-state index in [9.17, 15) is 9.59 Å². The average Bonchev–Trinajstić information content (AvgIpc) is 2.67. The fourth-order valence-corrected chi connectivity index (χ4v) is 2.30. The van der Waals surface area contributed by atoms with E-state index < -0.39 is 0 Å². The van der Waals surface area contributed by atoms with E-state index >= 15 is 0 Å². The molecule has 1 fully saturated rings. The molecule has 2 heterocycles. The van der Waals surface area contributed by atoms with Gasteiger partial charge in [0.05, 0.1) is 10.9 Å². The van der Waals surface area contributed by atoms with Crippen LogP contribution in [0.25, 0.3) is 0 Å². The van der Waals surface area contributed by atoms with Gasteiger partial charge in [-0.2, -0.15) is 0 Å². The molecule has 0 aromatic carbocycles. The third-order valence-corrected chi connectivity index (χ3v) is 3.50. The van der Waals surface area contributed by atoms with E-state index in [2.05, 4.69) is 5.32 Å². The molecule has 1 N–H and O–H groups in total. The first-order valence-corrected chi connectivity index (χ1v) is 6.30. The molecule has 16 heavy (non-hydrogen) atoms. The Kier molecular flexibility index (Phi) is 3.46. The average molecular weight is 259 g/mol. The molecule has 0 spiro atoms. The number of carbonyl (C=O) groups excluding carboxylic acids is 2. The van der Waals surface area contributed by atoms with Crippen LogP contribution in [0.15, 0.2) is 17.5 Å². The highest BCUT2D eigenvalue weighted by Crippen LogP contribution is 2.20. The second-order valence-corrected chi connectivity index (χ2v) is 4.81. The monoisotopic (exact) mass is 258 g/mol. The number of likely N-dealkylation sites (tertiary alicyclic amines) is 1. The van der Waals surface area contributed by atoms with E-state index in [0.29, 0.717) is 13.1 Å². The Bertz CT molecular complexity index is 388. The predicted octanol–water partition coefficient (Wildman–Crippen LogP) is 1.38. The van der Waals surface area contributed by atoms with Crippen LogP contribution in [0.5, 0.6) is 0 Å². The molecule has 0 bridgehead atoms. The maximum atomic E-state index is 11.7. The minimum absolute atomic E-state index is 0.0146. The fourth-order valence-electron chi connectivity index (χ4n) is 1.51. The van der Waals surface area contributed by atoms with Gasteiger partial charge in [-0.1, -0.05) is 0 Å². The maximum absolute atomic E-state index is 11.7. The summed E-state index contributed by atoms with van der Waals surface area (Å²) >= 11 is 6.89. The van der Waals surface area contributed by atoms with Crippen LogP contribution in [0.1, 0.15) is 0 Å². The first kappa shape index (κ1) is 11.4. The Morgan fingerprint density at radius 3 is 2.88 bits per heavy atom. The van der Waals surface area contributed by atoms with E-state index in [-0.39, 0.29) is 23.6 Å². The summed E-state index contributed by atoms with van der Waals surface area (Å²) in [5, 5.41) is 5.55. The molecule has 0 unspecified atom stereocenters. The van der Waals surface area contributed by atoms with Crippen molar-refractivity contribution < 1.29 is 9.59 Å².